The molecule has 0 saturated carbocycles. The number of phosphoric ester groups is 1. The van der Waals surface area contributed by atoms with Gasteiger partial charge in [0.2, 0.25) is 0 Å². The molecule has 62 heavy (non-hydrogen) atoms. The molecule has 0 aromatic carbocycles. The summed E-state index contributed by atoms with van der Waals surface area (Å²) in [5, 5.41) is 0. The Morgan fingerprint density at radius 2 is 0.823 bits per heavy atom. The predicted octanol–water partition coefficient (Wildman–Crippen LogP) is 15.9. The Hall–Kier alpha value is -1.51. The van der Waals surface area contributed by atoms with Crippen LogP contribution in [0.25, 0.3) is 0 Å². The molecule has 1 unspecified atom stereocenters. The number of nitrogens with two attached hydrogens (primary N) is 1. The summed E-state index contributed by atoms with van der Waals surface area (Å²) in [6.45, 7) is 3.75. The third-order valence-electron chi connectivity index (χ3n) is 11.6. The van der Waals surface area contributed by atoms with Crippen molar-refractivity contribution in [2.75, 3.05) is 26.4 Å². The van der Waals surface area contributed by atoms with Crippen molar-refractivity contribution in [1.82, 2.24) is 0 Å². The molecule has 0 aromatic heterocycles. The van der Waals surface area contributed by atoms with Crippen LogP contribution in [-0.2, 0) is 32.7 Å². The van der Waals surface area contributed by atoms with Crippen molar-refractivity contribution >= 4 is 19.8 Å². The zero-order valence-electron chi connectivity index (χ0n) is 40.6. The maximum Gasteiger partial charge on any atom is 0.472 e. The molecule has 2 atom stereocenters. The number of allylic oxidation sites excluding steroid dienone is 4. The summed E-state index contributed by atoms with van der Waals surface area (Å²) in [5.41, 5.74) is 5.37. The van der Waals surface area contributed by atoms with Crippen LogP contribution in [0.3, 0.4) is 0 Å². The fourth-order valence-corrected chi connectivity index (χ4v) is 8.42. The fourth-order valence-electron chi connectivity index (χ4n) is 7.66. The standard InChI is InChI=1S/C52H100NO8P/c1-3-5-7-9-11-13-15-17-19-21-23-24-25-26-27-29-31-33-35-37-39-41-43-45-52(55)61-50(49-60-62(56,57)59-47-46-53)48-58-51(54)44-42-40-38-36-34-32-30-28-22-20-18-16-14-12-10-8-6-4-2/h29,31,37,39,50H,3-28,30,32-36,38,40-49,53H2,1-2H3,(H,56,57)/b31-29+,39-37+/t50-/m1/s1. The summed E-state index contributed by atoms with van der Waals surface area (Å²) in [6, 6.07) is 0. The second-order valence-corrected chi connectivity index (χ2v) is 19.2. The fraction of sp³-hybridized carbons (Fsp3) is 0.885. The lowest BCUT2D eigenvalue weighted by Gasteiger charge is -2.19. The summed E-state index contributed by atoms with van der Waals surface area (Å²) in [5.74, 6) is -0.863. The van der Waals surface area contributed by atoms with E-state index in [1.807, 2.05) is 0 Å². The van der Waals surface area contributed by atoms with Gasteiger partial charge in [-0.25, -0.2) is 4.57 Å². The van der Waals surface area contributed by atoms with E-state index in [1.54, 1.807) is 0 Å². The second kappa shape index (κ2) is 48.9. The van der Waals surface area contributed by atoms with Gasteiger partial charge in [-0.2, -0.15) is 0 Å². The van der Waals surface area contributed by atoms with Crippen molar-refractivity contribution in [1.29, 1.82) is 0 Å². The molecule has 0 radical (unpaired) electrons. The molecule has 0 aliphatic rings. The van der Waals surface area contributed by atoms with Crippen LogP contribution >= 0.6 is 7.82 Å². The molecular formula is C52H100NO8P. The highest BCUT2D eigenvalue weighted by Crippen LogP contribution is 2.43. The van der Waals surface area contributed by atoms with Gasteiger partial charge in [-0.05, 0) is 44.9 Å². The highest BCUT2D eigenvalue weighted by atomic mass is 31.2. The molecule has 0 aromatic rings. The summed E-state index contributed by atoms with van der Waals surface area (Å²) in [6.07, 6.45) is 55.2. The van der Waals surface area contributed by atoms with Gasteiger partial charge in [0.15, 0.2) is 6.10 Å². The van der Waals surface area contributed by atoms with Crippen LogP contribution < -0.4 is 5.73 Å². The largest absolute Gasteiger partial charge is 0.472 e. The van der Waals surface area contributed by atoms with E-state index in [0.29, 0.717) is 6.42 Å². The van der Waals surface area contributed by atoms with Crippen LogP contribution in [0, 0.1) is 0 Å². The molecule has 0 fully saturated rings. The highest BCUT2D eigenvalue weighted by Gasteiger charge is 2.26. The predicted molar refractivity (Wildman–Crippen MR) is 261 cm³/mol. The Labute approximate surface area is 382 Å². The Morgan fingerprint density at radius 3 is 1.24 bits per heavy atom. The second-order valence-electron chi connectivity index (χ2n) is 17.7. The van der Waals surface area contributed by atoms with Gasteiger partial charge in [0.1, 0.15) is 6.61 Å². The first-order valence-electron chi connectivity index (χ1n) is 26.3. The number of hydrogen-bond acceptors (Lipinski definition) is 8. The number of carbonyl (C=O) groups excluding carboxylic acids is 2. The molecular weight excluding hydrogens is 798 g/mol. The summed E-state index contributed by atoms with van der Waals surface area (Å²) in [7, 11) is -4.39. The van der Waals surface area contributed by atoms with E-state index in [0.717, 1.165) is 44.9 Å². The van der Waals surface area contributed by atoms with Gasteiger partial charge in [-0.3, -0.25) is 18.6 Å². The minimum atomic E-state index is -4.39. The number of rotatable bonds is 50. The zero-order valence-corrected chi connectivity index (χ0v) is 41.5. The Kier molecular flexibility index (Phi) is 47.7. The van der Waals surface area contributed by atoms with Crippen LogP contribution in [0.2, 0.25) is 0 Å². The normalized spacial score (nSPS) is 13.3. The molecule has 3 N–H and O–H groups in total. The molecule has 0 aliphatic heterocycles. The number of phosphoric acid groups is 1. The monoisotopic (exact) mass is 898 g/mol. The van der Waals surface area contributed by atoms with E-state index < -0.39 is 26.5 Å². The van der Waals surface area contributed by atoms with Gasteiger partial charge < -0.3 is 20.1 Å². The van der Waals surface area contributed by atoms with Crippen molar-refractivity contribution in [3.8, 4) is 0 Å². The molecule has 0 rings (SSSR count). The Balaban J connectivity index is 4.06. The third kappa shape index (κ3) is 48.0. The van der Waals surface area contributed by atoms with Crippen molar-refractivity contribution in [3.05, 3.63) is 24.3 Å². The van der Waals surface area contributed by atoms with E-state index >= 15 is 0 Å². The Morgan fingerprint density at radius 1 is 0.468 bits per heavy atom. The SMILES string of the molecule is CCCCCCCCCCCCCCCC/C=C/CC/C=C/CCCC(=O)O[C@H](COC(=O)CCCCCCCCCCCCCCCCCCCC)COP(=O)(O)OCCN. The van der Waals surface area contributed by atoms with Crippen molar-refractivity contribution in [3.63, 3.8) is 0 Å². The summed E-state index contributed by atoms with van der Waals surface area (Å²) >= 11 is 0. The van der Waals surface area contributed by atoms with Gasteiger partial charge in [0, 0.05) is 19.4 Å². The average molecular weight is 898 g/mol. The number of ether oxygens (including phenoxy) is 2. The van der Waals surface area contributed by atoms with Crippen LogP contribution in [0.4, 0.5) is 0 Å². The summed E-state index contributed by atoms with van der Waals surface area (Å²) in [4.78, 5) is 35.0. The lowest BCUT2D eigenvalue weighted by Crippen LogP contribution is -2.29. The molecule has 10 heteroatoms. The first kappa shape index (κ1) is 60.5. The molecule has 0 aliphatic carbocycles. The van der Waals surface area contributed by atoms with Gasteiger partial charge in [-0.1, -0.05) is 231 Å². The van der Waals surface area contributed by atoms with Crippen LogP contribution in [0.1, 0.15) is 264 Å². The molecule has 0 amide bonds. The number of esters is 2. The van der Waals surface area contributed by atoms with Gasteiger partial charge in [0.25, 0.3) is 0 Å². The van der Waals surface area contributed by atoms with Gasteiger partial charge in [-0.15, -0.1) is 0 Å². The smallest absolute Gasteiger partial charge is 0.462 e. The van der Waals surface area contributed by atoms with E-state index in [-0.39, 0.29) is 38.6 Å². The minimum absolute atomic E-state index is 0.0497. The molecule has 366 valence electrons. The van der Waals surface area contributed by atoms with E-state index in [4.69, 9.17) is 24.3 Å². The first-order chi connectivity index (χ1) is 30.3. The molecule has 0 heterocycles. The van der Waals surface area contributed by atoms with Crippen molar-refractivity contribution in [2.45, 2.75) is 270 Å². The van der Waals surface area contributed by atoms with Gasteiger partial charge >= 0.3 is 19.8 Å². The number of unbranched alkanes of at least 4 members (excludes halogenated alkanes) is 33. The number of carbonyl (C=O) groups is 2. The molecule has 0 saturated heterocycles. The maximum atomic E-state index is 12.6. The minimum Gasteiger partial charge on any atom is -0.462 e. The Bertz CT molecular complexity index is 1070. The van der Waals surface area contributed by atoms with E-state index in [9.17, 15) is 19.0 Å². The van der Waals surface area contributed by atoms with Gasteiger partial charge in [0.05, 0.1) is 13.2 Å². The molecule has 0 spiro atoms. The maximum absolute atomic E-state index is 12.6. The highest BCUT2D eigenvalue weighted by molar-refractivity contribution is 7.47. The summed E-state index contributed by atoms with van der Waals surface area (Å²) < 4.78 is 32.9. The lowest BCUT2D eigenvalue weighted by atomic mass is 10.0. The van der Waals surface area contributed by atoms with Crippen LogP contribution in [0.5, 0.6) is 0 Å². The van der Waals surface area contributed by atoms with Crippen LogP contribution in [0.15, 0.2) is 24.3 Å². The van der Waals surface area contributed by atoms with Crippen molar-refractivity contribution in [2.24, 2.45) is 5.73 Å². The van der Waals surface area contributed by atoms with E-state index in [1.165, 1.54) is 186 Å². The third-order valence-corrected chi connectivity index (χ3v) is 12.6. The molecule has 9 nitrogen and oxygen atoms in total. The van der Waals surface area contributed by atoms with E-state index in [2.05, 4.69) is 38.2 Å². The average Bonchev–Trinajstić information content (AvgIpc) is 3.26. The topological polar surface area (TPSA) is 134 Å². The quantitative estimate of drug-likeness (QED) is 0.0265. The number of hydrogen-bond donors (Lipinski definition) is 2. The first-order valence-corrected chi connectivity index (χ1v) is 27.8. The zero-order chi connectivity index (χ0) is 45.3. The lowest BCUT2D eigenvalue weighted by molar-refractivity contribution is -0.161. The van der Waals surface area contributed by atoms with Crippen LogP contribution in [-0.4, -0.2) is 49.3 Å². The van der Waals surface area contributed by atoms with Crippen molar-refractivity contribution < 1.29 is 37.6 Å². The molecule has 0 bridgehead atoms.